The fourth-order valence-corrected chi connectivity index (χ4v) is 11.5. The molecule has 3 saturated heterocycles. The van der Waals surface area contributed by atoms with E-state index in [2.05, 4.69) is 52.5 Å². The summed E-state index contributed by atoms with van der Waals surface area (Å²) in [4.78, 5) is 169. The highest BCUT2D eigenvalue weighted by Crippen LogP contribution is 2.26. The fourth-order valence-electron chi connectivity index (χ4n) is 11.5. The van der Waals surface area contributed by atoms with Crippen molar-refractivity contribution in [3.05, 3.63) is 71.9 Å². The number of carboxylic acid groups (broad SMARTS) is 1. The zero-order chi connectivity index (χ0) is 65.2. The molecule has 13 atom stereocenters. The number of H-pyrrole nitrogens is 1. The molecule has 0 bridgehead atoms. The molecule has 6 rings (SSSR count). The minimum absolute atomic E-state index is 0.0139. The molecule has 3 aliphatic heterocycles. The number of carboxylic acids is 1. The summed E-state index contributed by atoms with van der Waals surface area (Å²) in [5.41, 5.74) is 13.2. The van der Waals surface area contributed by atoms with E-state index in [9.17, 15) is 58.2 Å². The van der Waals surface area contributed by atoms with Crippen molar-refractivity contribution in [2.75, 3.05) is 19.6 Å². The molecule has 0 radical (unpaired) electrons. The quantitative estimate of drug-likeness (QED) is 0.0476. The monoisotopic (exact) mass is 1240 g/mol. The molecule has 27 heteroatoms. The van der Waals surface area contributed by atoms with Crippen molar-refractivity contribution in [2.45, 2.75) is 192 Å². The van der Waals surface area contributed by atoms with Gasteiger partial charge in [-0.1, -0.05) is 103 Å². The van der Waals surface area contributed by atoms with Crippen LogP contribution in [0.15, 0.2) is 65.8 Å². The lowest BCUT2D eigenvalue weighted by atomic mass is 9.96. The molecule has 1 aromatic heterocycles. The molecule has 15 N–H and O–H groups in total. The molecule has 486 valence electrons. The Balaban J connectivity index is 1.44. The molecule has 89 heavy (non-hydrogen) atoms. The van der Waals surface area contributed by atoms with Crippen LogP contribution in [0, 0.1) is 17.8 Å². The number of aliphatic hydroxyl groups is 1. The molecule has 3 aliphatic rings. The SMILES string of the molecule is CC[C@H](C)[C@@H]1NC(=O)[C@H](CC(=O)O)NC(=O)[C@H]([C@@H](C)O)NC(=O)[C@@H]2CCCN2C(=O)[C@@H](Cc2c[nH]c3ccccc23)NC(=O)[C@H](CC(C)C)NC(=O)[C@H](CCCN=C(N)N)NC(=O)[C@H]([C@@H](C)CC)NC(=O)[C@@H]2CCCN2C(=O)[C@@H](Cc2ccccc2)NC1=O. The van der Waals surface area contributed by atoms with Gasteiger partial charge in [-0.25, -0.2) is 0 Å². The zero-order valence-corrected chi connectivity index (χ0v) is 51.8. The number of aliphatic carboxylic acids is 1. The summed E-state index contributed by atoms with van der Waals surface area (Å²) in [6.45, 7) is 11.9. The number of hydrogen-bond acceptors (Lipinski definition) is 13. The van der Waals surface area contributed by atoms with Crippen LogP contribution in [0.3, 0.4) is 0 Å². The van der Waals surface area contributed by atoms with Gasteiger partial charge in [0.15, 0.2) is 5.96 Å². The van der Waals surface area contributed by atoms with Gasteiger partial charge in [0.25, 0.3) is 0 Å². The maximum atomic E-state index is 15.1. The number of nitrogens with two attached hydrogens (primary N) is 2. The molecular weight excluding hydrogens is 1150 g/mol. The van der Waals surface area contributed by atoms with E-state index in [0.29, 0.717) is 30.4 Å². The van der Waals surface area contributed by atoms with E-state index in [-0.39, 0.29) is 82.9 Å². The van der Waals surface area contributed by atoms with Crippen molar-refractivity contribution in [2.24, 2.45) is 34.2 Å². The Kier molecular flexibility index (Phi) is 25.4. The number of fused-ring (bicyclic) bond motifs is 3. The number of para-hydroxylation sites is 1. The predicted molar refractivity (Wildman–Crippen MR) is 329 cm³/mol. The third kappa shape index (κ3) is 18.9. The average molecular weight is 1240 g/mol. The van der Waals surface area contributed by atoms with Crippen molar-refractivity contribution < 1.29 is 63.0 Å². The standard InChI is InChI=1S/C62H90N14O13/c1-8-34(5)49-58(86)71-44(29-37-18-11-10-12-19-37)60(88)75-26-16-23-46(75)55(83)73-50(35(6)9-2)57(85)67-41(22-15-25-65-62(63)64)52(80)68-42(28-33(3)4)53(81)70-45(30-38-32-66-40-21-14-13-20-39(38)40)61(89)76-27-17-24-47(76)56(84)74-51(36(7)77)59(87)69-43(31-48(78)79)54(82)72-49/h10-14,18-21,32-36,41-47,49-51,66,77H,8-9,15-17,22-31H2,1-7H3,(H,67,85)(H,68,80)(H,69,87)(H,70,81)(H,71,86)(H,72,82)(H,73,83)(H,74,84)(H,78,79)(H4,63,64,65)/t34-,35-,36+,41-,42-,43-,44+,45+,46-,47-,49-,50-,51-/m0/s1. The normalized spacial score (nSPS) is 26.3. The Hall–Kier alpha value is -8.62. The van der Waals surface area contributed by atoms with Gasteiger partial charge in [-0.05, 0) is 86.8 Å². The van der Waals surface area contributed by atoms with Crippen LogP contribution in [-0.2, 0) is 65.6 Å². The van der Waals surface area contributed by atoms with E-state index in [1.54, 1.807) is 63.4 Å². The Morgan fingerprint density at radius 3 is 1.61 bits per heavy atom. The minimum atomic E-state index is -1.89. The maximum absolute atomic E-state index is 15.1. The Labute approximate surface area is 518 Å². The molecule has 10 amide bonds. The van der Waals surface area contributed by atoms with Crippen LogP contribution in [0.1, 0.15) is 124 Å². The molecule has 4 heterocycles. The third-order valence-electron chi connectivity index (χ3n) is 16.9. The largest absolute Gasteiger partial charge is 0.481 e. The summed E-state index contributed by atoms with van der Waals surface area (Å²) in [5, 5.41) is 43.4. The van der Waals surface area contributed by atoms with Crippen molar-refractivity contribution in [3.63, 3.8) is 0 Å². The number of benzene rings is 2. The number of aliphatic hydroxyl groups excluding tert-OH is 1. The Bertz CT molecular complexity index is 3040. The average Bonchev–Trinajstić information content (AvgIpc) is 3.03. The number of hydrogen-bond donors (Lipinski definition) is 13. The van der Waals surface area contributed by atoms with Gasteiger partial charge in [0.1, 0.15) is 60.4 Å². The molecule has 0 unspecified atom stereocenters. The first-order valence-corrected chi connectivity index (χ1v) is 30.9. The second-order valence-corrected chi connectivity index (χ2v) is 24.1. The van der Waals surface area contributed by atoms with Crippen LogP contribution in [0.4, 0.5) is 0 Å². The van der Waals surface area contributed by atoms with Crippen molar-refractivity contribution in [1.29, 1.82) is 0 Å². The van der Waals surface area contributed by atoms with Gasteiger partial charge < -0.3 is 79.0 Å². The predicted octanol–water partition coefficient (Wildman–Crippen LogP) is -0.126. The summed E-state index contributed by atoms with van der Waals surface area (Å²) in [6, 6.07) is 1.73. The van der Waals surface area contributed by atoms with Crippen molar-refractivity contribution in [1.82, 2.24) is 57.3 Å². The summed E-state index contributed by atoms with van der Waals surface area (Å²) >= 11 is 0. The minimum Gasteiger partial charge on any atom is -0.481 e. The van der Waals surface area contributed by atoms with Crippen LogP contribution in [0.25, 0.3) is 10.9 Å². The number of carbonyl (C=O) groups excluding carboxylic acids is 10. The van der Waals surface area contributed by atoms with Gasteiger partial charge in [0, 0.05) is 49.6 Å². The lowest BCUT2D eigenvalue weighted by Gasteiger charge is -2.33. The molecular formula is C62H90N14O13. The van der Waals surface area contributed by atoms with Gasteiger partial charge in [0.2, 0.25) is 59.1 Å². The van der Waals surface area contributed by atoms with E-state index in [4.69, 9.17) is 11.5 Å². The van der Waals surface area contributed by atoms with E-state index in [1.165, 1.54) is 16.7 Å². The lowest BCUT2D eigenvalue weighted by Crippen LogP contribution is -2.63. The van der Waals surface area contributed by atoms with Crippen molar-refractivity contribution >= 4 is 81.9 Å². The highest BCUT2D eigenvalue weighted by molar-refractivity contribution is 6.01. The fraction of sp³-hybridized carbons (Fsp3) is 0.581. The third-order valence-corrected chi connectivity index (χ3v) is 16.9. The number of aliphatic imine (C=N–C) groups is 1. The number of nitrogens with one attached hydrogen (secondary N) is 9. The number of rotatable bonds is 17. The van der Waals surface area contributed by atoms with E-state index >= 15 is 4.79 Å². The van der Waals surface area contributed by atoms with Gasteiger partial charge in [0.05, 0.1) is 12.5 Å². The van der Waals surface area contributed by atoms with Crippen LogP contribution < -0.4 is 54.0 Å². The smallest absolute Gasteiger partial charge is 0.305 e. The summed E-state index contributed by atoms with van der Waals surface area (Å²) < 4.78 is 0. The molecule has 2 aromatic carbocycles. The molecule has 3 aromatic rings. The van der Waals surface area contributed by atoms with Gasteiger partial charge in [-0.15, -0.1) is 0 Å². The first-order chi connectivity index (χ1) is 42.3. The number of guanidine groups is 1. The second kappa shape index (κ2) is 32.6. The number of aromatic nitrogens is 1. The second-order valence-electron chi connectivity index (χ2n) is 24.1. The Morgan fingerprint density at radius 1 is 0.584 bits per heavy atom. The first-order valence-electron chi connectivity index (χ1n) is 30.9. The van der Waals surface area contributed by atoms with Crippen LogP contribution >= 0.6 is 0 Å². The summed E-state index contributed by atoms with van der Waals surface area (Å²) in [6.07, 6.45) is 0.519. The topological polar surface area (TPSA) is 411 Å². The van der Waals surface area contributed by atoms with Gasteiger partial charge in [-0.2, -0.15) is 0 Å². The van der Waals surface area contributed by atoms with Crippen LogP contribution in [0.2, 0.25) is 0 Å². The van der Waals surface area contributed by atoms with E-state index in [0.717, 1.165) is 10.9 Å². The first kappa shape index (κ1) is 69.5. The number of carbonyl (C=O) groups is 11. The summed E-state index contributed by atoms with van der Waals surface area (Å²) in [5.74, 6) is -11.6. The number of nitrogens with zero attached hydrogens (tertiary/aromatic N) is 3. The zero-order valence-electron chi connectivity index (χ0n) is 51.8. The summed E-state index contributed by atoms with van der Waals surface area (Å²) in [7, 11) is 0. The van der Waals surface area contributed by atoms with E-state index < -0.39 is 150 Å². The number of aromatic amines is 1. The Morgan fingerprint density at radius 2 is 1.06 bits per heavy atom. The lowest BCUT2D eigenvalue weighted by molar-refractivity contribution is -0.144. The molecule has 27 nitrogen and oxygen atoms in total. The van der Waals surface area contributed by atoms with Crippen LogP contribution in [0.5, 0.6) is 0 Å². The molecule has 0 saturated carbocycles. The van der Waals surface area contributed by atoms with E-state index in [1.807, 2.05) is 39.0 Å². The van der Waals surface area contributed by atoms with Gasteiger partial charge in [-0.3, -0.25) is 57.7 Å². The maximum Gasteiger partial charge on any atom is 0.305 e. The molecule has 0 aliphatic carbocycles. The van der Waals surface area contributed by atoms with Crippen molar-refractivity contribution in [3.8, 4) is 0 Å². The molecule has 3 fully saturated rings. The highest BCUT2D eigenvalue weighted by Gasteiger charge is 2.44. The van der Waals surface area contributed by atoms with Crippen LogP contribution in [-0.4, -0.2) is 182 Å². The number of amides is 10. The molecule has 0 spiro atoms. The van der Waals surface area contributed by atoms with Gasteiger partial charge >= 0.3 is 5.97 Å². The highest BCUT2D eigenvalue weighted by atomic mass is 16.4.